The van der Waals surface area contributed by atoms with Gasteiger partial charge in [-0.05, 0) is 46.6 Å². The number of carbonyl (C=O) groups excluding carboxylic acids is 2. The number of hydrogen-bond acceptors (Lipinski definition) is 4. The minimum atomic E-state index is -1.04. The van der Waals surface area contributed by atoms with E-state index in [1.165, 1.54) is 16.0 Å². The lowest BCUT2D eigenvalue weighted by Gasteiger charge is -2.34. The van der Waals surface area contributed by atoms with Crippen molar-refractivity contribution in [3.05, 3.63) is 95.6 Å². The summed E-state index contributed by atoms with van der Waals surface area (Å²) >= 11 is 0. The maximum atomic E-state index is 13.5. The number of alkyl carbamates (subject to hydrolysis) is 1. The van der Waals surface area contributed by atoms with Crippen LogP contribution in [0.25, 0.3) is 11.1 Å². The predicted molar refractivity (Wildman–Crippen MR) is 148 cm³/mol. The van der Waals surface area contributed by atoms with E-state index in [1.54, 1.807) is 0 Å². The van der Waals surface area contributed by atoms with Crippen molar-refractivity contribution >= 4 is 18.0 Å². The highest BCUT2D eigenvalue weighted by Gasteiger charge is 2.35. The number of ether oxygens (including phenoxy) is 1. The van der Waals surface area contributed by atoms with E-state index in [0.29, 0.717) is 13.0 Å². The van der Waals surface area contributed by atoms with Crippen LogP contribution in [0.2, 0.25) is 0 Å². The largest absolute Gasteiger partial charge is 0.480 e. The number of benzene rings is 3. The molecule has 2 amide bonds. The summed E-state index contributed by atoms with van der Waals surface area (Å²) < 4.78 is 5.68. The van der Waals surface area contributed by atoms with Crippen molar-refractivity contribution < 1.29 is 24.2 Å². The summed E-state index contributed by atoms with van der Waals surface area (Å²) in [6.07, 6.45) is 2.86. The monoisotopic (exact) mass is 526 g/mol. The molecule has 1 saturated carbocycles. The van der Waals surface area contributed by atoms with E-state index >= 15 is 0 Å². The first-order valence-corrected chi connectivity index (χ1v) is 13.6. The number of rotatable bonds is 9. The number of carbonyl (C=O) groups is 3. The first-order chi connectivity index (χ1) is 19.0. The molecule has 2 atom stereocenters. The number of fused-ring (bicyclic) bond motifs is 3. The Bertz CT molecular complexity index is 1280. The predicted octanol–water partition coefficient (Wildman–Crippen LogP) is 5.44. The van der Waals surface area contributed by atoms with Crippen molar-refractivity contribution in [1.29, 1.82) is 0 Å². The number of carboxylic acid groups (broad SMARTS) is 1. The second-order valence-electron chi connectivity index (χ2n) is 10.4. The third-order valence-electron chi connectivity index (χ3n) is 7.93. The van der Waals surface area contributed by atoms with Crippen LogP contribution in [0.5, 0.6) is 0 Å². The van der Waals surface area contributed by atoms with E-state index in [1.807, 2.05) is 54.6 Å². The van der Waals surface area contributed by atoms with Crippen LogP contribution in [-0.2, 0) is 20.9 Å². The van der Waals surface area contributed by atoms with E-state index in [-0.39, 0.29) is 43.4 Å². The summed E-state index contributed by atoms with van der Waals surface area (Å²) in [6.45, 7) is 0.446. The molecule has 3 aromatic carbocycles. The molecule has 7 nitrogen and oxygen atoms in total. The van der Waals surface area contributed by atoms with Crippen molar-refractivity contribution in [3.8, 4) is 11.1 Å². The normalized spacial score (nSPS) is 18.1. The van der Waals surface area contributed by atoms with E-state index in [0.717, 1.165) is 36.0 Å². The van der Waals surface area contributed by atoms with Crippen molar-refractivity contribution in [2.45, 2.75) is 38.1 Å². The zero-order chi connectivity index (χ0) is 27.2. The summed E-state index contributed by atoms with van der Waals surface area (Å²) in [5, 5.41) is 12.3. The quantitative estimate of drug-likeness (QED) is 0.387. The summed E-state index contributed by atoms with van der Waals surface area (Å²) in [7, 11) is 0. The molecule has 0 aromatic heterocycles. The fourth-order valence-electron chi connectivity index (χ4n) is 6.05. The number of carboxylic acids is 1. The Morgan fingerprint density at radius 2 is 1.46 bits per heavy atom. The highest BCUT2D eigenvalue weighted by molar-refractivity contribution is 5.83. The minimum Gasteiger partial charge on any atom is -0.480 e. The molecule has 2 unspecified atom stereocenters. The molecular weight excluding hydrogens is 492 g/mol. The van der Waals surface area contributed by atoms with Crippen molar-refractivity contribution in [1.82, 2.24) is 10.2 Å². The average molecular weight is 527 g/mol. The molecule has 7 heteroatoms. The lowest BCUT2D eigenvalue weighted by molar-refractivity contribution is -0.148. The fourth-order valence-corrected chi connectivity index (χ4v) is 6.05. The second-order valence-corrected chi connectivity index (χ2v) is 10.4. The van der Waals surface area contributed by atoms with Crippen LogP contribution in [0.1, 0.15) is 48.3 Å². The first kappa shape index (κ1) is 26.5. The van der Waals surface area contributed by atoms with Gasteiger partial charge >= 0.3 is 12.1 Å². The van der Waals surface area contributed by atoms with Gasteiger partial charge in [0.2, 0.25) is 5.91 Å². The highest BCUT2D eigenvalue weighted by atomic mass is 16.5. The van der Waals surface area contributed by atoms with E-state index in [2.05, 4.69) is 29.6 Å². The van der Waals surface area contributed by atoms with E-state index in [4.69, 9.17) is 4.74 Å². The SMILES string of the molecule is O=C(O)CN(Cc1ccccc1)C(=O)C1CCCCC1CNC(=O)OCC1c2ccccc2-c2ccccc21. The van der Waals surface area contributed by atoms with Crippen molar-refractivity contribution in [2.24, 2.45) is 11.8 Å². The lowest BCUT2D eigenvalue weighted by Crippen LogP contribution is -2.45. The Morgan fingerprint density at radius 1 is 0.846 bits per heavy atom. The van der Waals surface area contributed by atoms with Gasteiger partial charge in [0.1, 0.15) is 13.2 Å². The molecule has 0 aliphatic heterocycles. The molecule has 202 valence electrons. The zero-order valence-electron chi connectivity index (χ0n) is 21.9. The van der Waals surface area contributed by atoms with Crippen LogP contribution in [0, 0.1) is 11.8 Å². The zero-order valence-corrected chi connectivity index (χ0v) is 21.9. The molecule has 0 radical (unpaired) electrons. The Labute approximate surface area is 228 Å². The Kier molecular flexibility index (Phi) is 8.25. The summed E-state index contributed by atoms with van der Waals surface area (Å²) in [5.41, 5.74) is 5.54. The molecule has 0 bridgehead atoms. The summed E-state index contributed by atoms with van der Waals surface area (Å²) in [4.78, 5) is 39.3. The third kappa shape index (κ3) is 6.14. The number of nitrogens with one attached hydrogen (secondary N) is 1. The smallest absolute Gasteiger partial charge is 0.407 e. The molecule has 0 spiro atoms. The number of hydrogen-bond donors (Lipinski definition) is 2. The fraction of sp³-hybridized carbons (Fsp3) is 0.344. The molecule has 2 N–H and O–H groups in total. The van der Waals surface area contributed by atoms with Crippen LogP contribution in [-0.4, -0.2) is 47.7 Å². The minimum absolute atomic E-state index is 0.0188. The summed E-state index contributed by atoms with van der Waals surface area (Å²) in [5.74, 6) is -1.63. The van der Waals surface area contributed by atoms with Crippen LogP contribution in [0.3, 0.4) is 0 Å². The Morgan fingerprint density at radius 3 is 2.13 bits per heavy atom. The Balaban J connectivity index is 1.20. The Hall–Kier alpha value is -4.13. The van der Waals surface area contributed by atoms with Gasteiger partial charge in [-0.1, -0.05) is 91.7 Å². The maximum Gasteiger partial charge on any atom is 0.407 e. The van der Waals surface area contributed by atoms with Gasteiger partial charge in [-0.15, -0.1) is 0 Å². The molecular formula is C32H34N2O5. The molecule has 39 heavy (non-hydrogen) atoms. The van der Waals surface area contributed by atoms with Gasteiger partial charge in [0.25, 0.3) is 0 Å². The van der Waals surface area contributed by atoms with Crippen LogP contribution < -0.4 is 5.32 Å². The number of amides is 2. The van der Waals surface area contributed by atoms with Gasteiger partial charge in [0.15, 0.2) is 0 Å². The van der Waals surface area contributed by atoms with Gasteiger partial charge < -0.3 is 20.1 Å². The van der Waals surface area contributed by atoms with Gasteiger partial charge in [-0.25, -0.2) is 4.79 Å². The third-order valence-corrected chi connectivity index (χ3v) is 7.93. The number of nitrogens with zero attached hydrogens (tertiary/aromatic N) is 1. The molecule has 0 saturated heterocycles. The maximum absolute atomic E-state index is 13.5. The molecule has 2 aliphatic rings. The van der Waals surface area contributed by atoms with E-state index in [9.17, 15) is 19.5 Å². The molecule has 2 aliphatic carbocycles. The van der Waals surface area contributed by atoms with Crippen LogP contribution >= 0.6 is 0 Å². The average Bonchev–Trinajstić information content (AvgIpc) is 3.28. The molecule has 5 rings (SSSR count). The van der Waals surface area contributed by atoms with Gasteiger partial charge in [-0.3, -0.25) is 9.59 Å². The molecule has 0 heterocycles. The van der Waals surface area contributed by atoms with Gasteiger partial charge in [-0.2, -0.15) is 0 Å². The van der Waals surface area contributed by atoms with Crippen molar-refractivity contribution in [2.75, 3.05) is 19.7 Å². The first-order valence-electron chi connectivity index (χ1n) is 13.6. The topological polar surface area (TPSA) is 95.9 Å². The van der Waals surface area contributed by atoms with E-state index < -0.39 is 12.1 Å². The molecule has 3 aromatic rings. The van der Waals surface area contributed by atoms with Gasteiger partial charge in [0, 0.05) is 24.9 Å². The number of aliphatic carboxylic acids is 1. The van der Waals surface area contributed by atoms with Gasteiger partial charge in [0.05, 0.1) is 0 Å². The van der Waals surface area contributed by atoms with Crippen LogP contribution in [0.4, 0.5) is 4.79 Å². The summed E-state index contributed by atoms with van der Waals surface area (Å²) in [6, 6.07) is 25.8. The second kappa shape index (κ2) is 12.2. The standard InChI is InChI=1S/C32H34N2O5/c35-30(36)20-34(19-22-10-2-1-3-11-22)31(37)24-13-5-4-12-23(24)18-33-32(38)39-21-29-27-16-8-6-14-25(27)26-15-7-9-17-28(26)29/h1-3,6-11,14-17,23-24,29H,4-5,12-13,18-21H2,(H,33,38)(H,35,36). The molecule has 1 fully saturated rings. The van der Waals surface area contributed by atoms with Crippen molar-refractivity contribution in [3.63, 3.8) is 0 Å². The lowest BCUT2D eigenvalue weighted by atomic mass is 9.78. The van der Waals surface area contributed by atoms with Crippen LogP contribution in [0.15, 0.2) is 78.9 Å². The highest BCUT2D eigenvalue weighted by Crippen LogP contribution is 2.44.